The lowest BCUT2D eigenvalue weighted by Crippen LogP contribution is -2.32. The average Bonchev–Trinajstić information content (AvgIpc) is 3.05. The Labute approximate surface area is 134 Å². The van der Waals surface area contributed by atoms with Gasteiger partial charge in [-0.2, -0.15) is 4.31 Å². The molecule has 7 nitrogen and oxygen atoms in total. The SMILES string of the molecule is Cc1cc(=O)cc(C2CCCN2S(=O)(=O)c2c(C)noc2C)[nH]1. The molecule has 2 aromatic heterocycles. The summed E-state index contributed by atoms with van der Waals surface area (Å²) >= 11 is 0. The number of rotatable bonds is 3. The number of H-pyrrole nitrogens is 1. The molecule has 23 heavy (non-hydrogen) atoms. The molecule has 1 N–H and O–H groups in total. The summed E-state index contributed by atoms with van der Waals surface area (Å²) in [6.45, 7) is 5.40. The molecule has 3 rings (SSSR count). The highest BCUT2D eigenvalue weighted by Crippen LogP contribution is 2.37. The topological polar surface area (TPSA) is 96.3 Å². The van der Waals surface area contributed by atoms with Crippen molar-refractivity contribution in [2.45, 2.75) is 44.6 Å². The van der Waals surface area contributed by atoms with E-state index in [0.717, 1.165) is 6.42 Å². The van der Waals surface area contributed by atoms with Crippen LogP contribution in [-0.2, 0) is 10.0 Å². The standard InChI is InChI=1S/C15H19N3O4S/c1-9-7-12(19)8-13(16-9)14-5-4-6-18(14)23(20,21)15-10(2)17-22-11(15)3/h7-8,14H,4-6H2,1-3H3,(H,16,19). The van der Waals surface area contributed by atoms with Gasteiger partial charge in [-0.1, -0.05) is 5.16 Å². The van der Waals surface area contributed by atoms with Gasteiger partial charge in [0.25, 0.3) is 0 Å². The fourth-order valence-electron chi connectivity index (χ4n) is 3.19. The zero-order valence-corrected chi connectivity index (χ0v) is 14.1. The molecule has 1 unspecified atom stereocenters. The highest BCUT2D eigenvalue weighted by Gasteiger charge is 2.39. The van der Waals surface area contributed by atoms with Gasteiger partial charge in [-0.15, -0.1) is 0 Å². The number of hydrogen-bond donors (Lipinski definition) is 1. The van der Waals surface area contributed by atoms with Crippen molar-refractivity contribution >= 4 is 10.0 Å². The Hall–Kier alpha value is -1.93. The molecule has 0 aromatic carbocycles. The van der Waals surface area contributed by atoms with E-state index in [1.54, 1.807) is 20.8 Å². The van der Waals surface area contributed by atoms with Crippen molar-refractivity contribution in [3.63, 3.8) is 0 Å². The third kappa shape index (κ3) is 2.72. The summed E-state index contributed by atoms with van der Waals surface area (Å²) < 4.78 is 32.5. The van der Waals surface area contributed by atoms with Crippen LogP contribution < -0.4 is 5.43 Å². The number of pyridine rings is 1. The number of aryl methyl sites for hydroxylation is 3. The van der Waals surface area contributed by atoms with Gasteiger partial charge in [0.2, 0.25) is 10.0 Å². The van der Waals surface area contributed by atoms with Gasteiger partial charge in [0, 0.05) is 30.1 Å². The monoisotopic (exact) mass is 337 g/mol. The van der Waals surface area contributed by atoms with Gasteiger partial charge in [0.15, 0.2) is 11.2 Å². The van der Waals surface area contributed by atoms with Crippen LogP contribution in [0.25, 0.3) is 0 Å². The molecular formula is C15H19N3O4S. The predicted octanol–water partition coefficient (Wildman–Crippen LogP) is 1.81. The van der Waals surface area contributed by atoms with Crippen LogP contribution in [0.4, 0.5) is 0 Å². The van der Waals surface area contributed by atoms with Gasteiger partial charge in [-0.05, 0) is 33.6 Å². The first-order valence-corrected chi connectivity index (χ1v) is 8.90. The maximum atomic E-state index is 13.0. The number of aromatic amines is 1. The van der Waals surface area contributed by atoms with Crippen molar-refractivity contribution < 1.29 is 12.9 Å². The second-order valence-electron chi connectivity index (χ2n) is 5.88. The molecule has 1 atom stereocenters. The molecule has 1 saturated heterocycles. The molecule has 3 heterocycles. The number of nitrogens with one attached hydrogen (secondary N) is 1. The lowest BCUT2D eigenvalue weighted by molar-refractivity contribution is 0.381. The molecule has 0 radical (unpaired) electrons. The Morgan fingerprint density at radius 3 is 2.65 bits per heavy atom. The highest BCUT2D eigenvalue weighted by atomic mass is 32.2. The molecule has 1 aliphatic heterocycles. The van der Waals surface area contributed by atoms with Gasteiger partial charge in [-0.3, -0.25) is 4.79 Å². The summed E-state index contributed by atoms with van der Waals surface area (Å²) in [7, 11) is -3.72. The lowest BCUT2D eigenvalue weighted by atomic mass is 10.1. The minimum absolute atomic E-state index is 0.124. The van der Waals surface area contributed by atoms with Gasteiger partial charge < -0.3 is 9.51 Å². The molecule has 0 spiro atoms. The summed E-state index contributed by atoms with van der Waals surface area (Å²) in [5.74, 6) is 0.283. The first kappa shape index (κ1) is 15.9. The highest BCUT2D eigenvalue weighted by molar-refractivity contribution is 7.89. The van der Waals surface area contributed by atoms with Gasteiger partial charge in [0.05, 0.1) is 6.04 Å². The van der Waals surface area contributed by atoms with Gasteiger partial charge >= 0.3 is 0 Å². The third-order valence-electron chi connectivity index (χ3n) is 4.10. The fourth-order valence-corrected chi connectivity index (χ4v) is 5.16. The number of nitrogens with zero attached hydrogens (tertiary/aromatic N) is 2. The van der Waals surface area contributed by atoms with Crippen LogP contribution in [0.3, 0.4) is 0 Å². The van der Waals surface area contributed by atoms with Crippen molar-refractivity contribution in [3.8, 4) is 0 Å². The quantitative estimate of drug-likeness (QED) is 0.921. The second-order valence-corrected chi connectivity index (χ2v) is 7.71. The molecule has 0 bridgehead atoms. The van der Waals surface area contributed by atoms with Crippen LogP contribution >= 0.6 is 0 Å². The average molecular weight is 337 g/mol. The minimum Gasteiger partial charge on any atom is -0.361 e. The van der Waals surface area contributed by atoms with Crippen LogP contribution in [0.15, 0.2) is 26.3 Å². The van der Waals surface area contributed by atoms with Crippen molar-refractivity contribution in [1.29, 1.82) is 0 Å². The first-order valence-electron chi connectivity index (χ1n) is 7.46. The smallest absolute Gasteiger partial charge is 0.249 e. The number of sulfonamides is 1. The van der Waals surface area contributed by atoms with Crippen LogP contribution in [0.2, 0.25) is 0 Å². The molecule has 8 heteroatoms. The molecule has 0 aliphatic carbocycles. The van der Waals surface area contributed by atoms with Crippen molar-refractivity contribution in [2.24, 2.45) is 0 Å². The van der Waals surface area contributed by atoms with Crippen LogP contribution in [0.5, 0.6) is 0 Å². The summed E-state index contributed by atoms with van der Waals surface area (Å²) in [5.41, 5.74) is 1.57. The van der Waals surface area contributed by atoms with Crippen molar-refractivity contribution in [2.75, 3.05) is 6.54 Å². The molecule has 0 saturated carbocycles. The first-order chi connectivity index (χ1) is 10.8. The van der Waals surface area contributed by atoms with E-state index in [9.17, 15) is 13.2 Å². The summed E-state index contributed by atoms with van der Waals surface area (Å²) in [5, 5.41) is 3.74. The summed E-state index contributed by atoms with van der Waals surface area (Å²) in [6.07, 6.45) is 1.41. The van der Waals surface area contributed by atoms with E-state index in [1.807, 2.05) is 0 Å². The largest absolute Gasteiger partial charge is 0.361 e. The van der Waals surface area contributed by atoms with E-state index in [-0.39, 0.29) is 22.1 Å². The van der Waals surface area contributed by atoms with Crippen molar-refractivity contribution in [3.05, 3.63) is 45.2 Å². The van der Waals surface area contributed by atoms with Crippen LogP contribution in [0.1, 0.15) is 41.7 Å². The zero-order chi connectivity index (χ0) is 16.8. The van der Waals surface area contributed by atoms with E-state index < -0.39 is 10.0 Å². The van der Waals surface area contributed by atoms with E-state index in [1.165, 1.54) is 16.4 Å². The Kier molecular flexibility index (Phi) is 3.89. The zero-order valence-electron chi connectivity index (χ0n) is 13.3. The number of aromatic nitrogens is 2. The summed E-state index contributed by atoms with van der Waals surface area (Å²) in [4.78, 5) is 15.0. The van der Waals surface area contributed by atoms with Gasteiger partial charge in [0.1, 0.15) is 10.6 Å². The Balaban J connectivity index is 2.07. The molecule has 1 fully saturated rings. The fraction of sp³-hybridized carbons (Fsp3) is 0.467. The lowest BCUT2D eigenvalue weighted by Gasteiger charge is -2.24. The van der Waals surface area contributed by atoms with E-state index in [2.05, 4.69) is 10.1 Å². The van der Waals surface area contributed by atoms with Crippen LogP contribution in [0, 0.1) is 20.8 Å². The maximum absolute atomic E-state index is 13.0. The normalized spacial score (nSPS) is 19.3. The molecule has 2 aromatic rings. The Morgan fingerprint density at radius 2 is 2.04 bits per heavy atom. The molecule has 0 amide bonds. The van der Waals surface area contributed by atoms with Crippen LogP contribution in [-0.4, -0.2) is 29.4 Å². The second kappa shape index (κ2) is 5.61. The Morgan fingerprint density at radius 1 is 1.30 bits per heavy atom. The van der Waals surface area contributed by atoms with Gasteiger partial charge in [-0.25, -0.2) is 8.42 Å². The number of hydrogen-bond acceptors (Lipinski definition) is 5. The van der Waals surface area contributed by atoms with E-state index >= 15 is 0 Å². The minimum atomic E-state index is -3.72. The summed E-state index contributed by atoms with van der Waals surface area (Å²) in [6, 6.07) is 2.59. The maximum Gasteiger partial charge on any atom is 0.249 e. The molecule has 124 valence electrons. The van der Waals surface area contributed by atoms with Crippen molar-refractivity contribution in [1.82, 2.24) is 14.4 Å². The Bertz CT molecular complexity index is 878. The predicted molar refractivity (Wildman–Crippen MR) is 83.6 cm³/mol. The van der Waals surface area contributed by atoms with E-state index in [4.69, 9.17) is 4.52 Å². The third-order valence-corrected chi connectivity index (χ3v) is 6.25. The molecule has 1 aliphatic rings. The molecular weight excluding hydrogens is 318 g/mol. The van der Waals surface area contributed by atoms with E-state index in [0.29, 0.717) is 30.0 Å².